The van der Waals surface area contributed by atoms with E-state index >= 15 is 0 Å². The standard InChI is InChI=1S/C54H32O/c1-3-9-33(10-4-1)43-23-19-35-17-18-39-30-41(31-40-21-25-48(43)53(35)52(39)40)42-14-7-13-38-29-36(20-24-45(38)42)37-22-27-50-49(32-37)47-16-8-15-46-44(34-11-5-2-6-12-34)26-28-51(55-50)54(46)47/h1-32H. The van der Waals surface area contributed by atoms with Gasteiger partial charge in [-0.15, -0.1) is 0 Å². The van der Waals surface area contributed by atoms with Gasteiger partial charge in [-0.1, -0.05) is 158 Å². The molecule has 0 amide bonds. The molecule has 0 atom stereocenters. The summed E-state index contributed by atoms with van der Waals surface area (Å²) in [7, 11) is 0. The van der Waals surface area contributed by atoms with Gasteiger partial charge in [0, 0.05) is 10.9 Å². The summed E-state index contributed by atoms with van der Waals surface area (Å²) in [6, 6.07) is 71.0. The van der Waals surface area contributed by atoms with Gasteiger partial charge in [0.05, 0.1) is 0 Å². The van der Waals surface area contributed by atoms with Crippen LogP contribution in [-0.4, -0.2) is 0 Å². The summed E-state index contributed by atoms with van der Waals surface area (Å²) < 4.78 is 6.56. The quantitative estimate of drug-likeness (QED) is 0.166. The number of benzene rings is 11. The molecule has 254 valence electrons. The van der Waals surface area contributed by atoms with Crippen LogP contribution in [0.2, 0.25) is 0 Å². The van der Waals surface area contributed by atoms with Crippen molar-refractivity contribution < 1.29 is 4.74 Å². The van der Waals surface area contributed by atoms with Crippen molar-refractivity contribution in [2.75, 3.05) is 0 Å². The number of ether oxygens (including phenoxy) is 1. The van der Waals surface area contributed by atoms with Crippen molar-refractivity contribution in [3.63, 3.8) is 0 Å². The predicted octanol–water partition coefficient (Wildman–Crippen LogP) is 15.3. The highest BCUT2D eigenvalue weighted by atomic mass is 16.5. The first-order valence-electron chi connectivity index (χ1n) is 19.0. The molecule has 0 spiro atoms. The van der Waals surface area contributed by atoms with Crippen LogP contribution in [0, 0.1) is 0 Å². The molecule has 0 aliphatic carbocycles. The summed E-state index contributed by atoms with van der Waals surface area (Å²) in [6.07, 6.45) is 0. The number of hydrogen-bond donors (Lipinski definition) is 0. The first-order valence-corrected chi connectivity index (χ1v) is 19.0. The van der Waals surface area contributed by atoms with Gasteiger partial charge >= 0.3 is 0 Å². The Morgan fingerprint density at radius 1 is 0.236 bits per heavy atom. The molecule has 0 saturated carbocycles. The fourth-order valence-corrected chi connectivity index (χ4v) is 9.24. The van der Waals surface area contributed by atoms with Crippen LogP contribution in [0.5, 0.6) is 11.5 Å². The van der Waals surface area contributed by atoms with Crippen molar-refractivity contribution in [1.29, 1.82) is 0 Å². The van der Waals surface area contributed by atoms with Crippen molar-refractivity contribution in [3.05, 3.63) is 194 Å². The molecule has 0 saturated heterocycles. The topological polar surface area (TPSA) is 9.23 Å². The molecule has 0 unspecified atom stereocenters. The van der Waals surface area contributed by atoms with Gasteiger partial charge in [-0.2, -0.15) is 0 Å². The normalized spacial score (nSPS) is 12.1. The molecule has 0 radical (unpaired) electrons. The largest absolute Gasteiger partial charge is 0.456 e. The summed E-state index contributed by atoms with van der Waals surface area (Å²) in [5, 5.41) is 12.7. The van der Waals surface area contributed by atoms with Gasteiger partial charge in [0.15, 0.2) is 0 Å². The first-order chi connectivity index (χ1) is 27.2. The van der Waals surface area contributed by atoms with Gasteiger partial charge in [-0.05, 0) is 135 Å². The van der Waals surface area contributed by atoms with Crippen LogP contribution in [0.3, 0.4) is 0 Å². The molecule has 1 aliphatic heterocycles. The molecule has 1 heterocycles. The van der Waals surface area contributed by atoms with Gasteiger partial charge in [-0.3, -0.25) is 0 Å². The van der Waals surface area contributed by atoms with E-state index in [-0.39, 0.29) is 0 Å². The average molecular weight is 697 g/mol. The summed E-state index contributed by atoms with van der Waals surface area (Å²) in [5.41, 5.74) is 12.1. The van der Waals surface area contributed by atoms with Crippen molar-refractivity contribution in [1.82, 2.24) is 0 Å². The van der Waals surface area contributed by atoms with Crippen molar-refractivity contribution in [3.8, 4) is 67.1 Å². The summed E-state index contributed by atoms with van der Waals surface area (Å²) >= 11 is 0. The second-order valence-electron chi connectivity index (χ2n) is 14.8. The second kappa shape index (κ2) is 11.6. The predicted molar refractivity (Wildman–Crippen MR) is 232 cm³/mol. The molecule has 1 nitrogen and oxygen atoms in total. The van der Waals surface area contributed by atoms with E-state index in [4.69, 9.17) is 4.74 Å². The van der Waals surface area contributed by atoms with Crippen LogP contribution in [0.1, 0.15) is 0 Å². The minimum Gasteiger partial charge on any atom is -0.456 e. The first kappa shape index (κ1) is 30.3. The van der Waals surface area contributed by atoms with Crippen LogP contribution in [-0.2, 0) is 0 Å². The summed E-state index contributed by atoms with van der Waals surface area (Å²) in [4.78, 5) is 0. The molecule has 0 bridgehead atoms. The van der Waals surface area contributed by atoms with Crippen LogP contribution >= 0.6 is 0 Å². The highest BCUT2D eigenvalue weighted by Gasteiger charge is 2.22. The monoisotopic (exact) mass is 696 g/mol. The molecular weight excluding hydrogens is 665 g/mol. The van der Waals surface area contributed by atoms with Gasteiger partial charge in [-0.25, -0.2) is 0 Å². The Balaban J connectivity index is 0.955. The third-order valence-electron chi connectivity index (χ3n) is 11.8. The maximum Gasteiger partial charge on any atom is 0.135 e. The maximum absolute atomic E-state index is 6.56. The lowest BCUT2D eigenvalue weighted by molar-refractivity contribution is 0.487. The van der Waals surface area contributed by atoms with Crippen LogP contribution < -0.4 is 4.74 Å². The molecule has 1 aliphatic rings. The SMILES string of the molecule is c1ccc(-c2ccc3c4c(cccc24)-c2cc(-c4ccc5c(-c6cc7ccc8ccc(-c9ccccc9)c9ccc(c6)c7c89)cccc5c4)ccc2O3)cc1. The van der Waals surface area contributed by atoms with Crippen molar-refractivity contribution in [2.24, 2.45) is 0 Å². The molecule has 0 aromatic heterocycles. The molecular formula is C54H32O. The Bertz CT molecular complexity index is 3300. The average Bonchev–Trinajstić information content (AvgIpc) is 3.25. The Kier molecular flexibility index (Phi) is 6.40. The fourth-order valence-electron chi connectivity index (χ4n) is 9.24. The zero-order chi connectivity index (χ0) is 36.0. The molecule has 0 N–H and O–H groups in total. The lowest BCUT2D eigenvalue weighted by Gasteiger charge is -2.23. The van der Waals surface area contributed by atoms with Gasteiger partial charge in [0.2, 0.25) is 0 Å². The smallest absolute Gasteiger partial charge is 0.135 e. The van der Waals surface area contributed by atoms with Crippen LogP contribution in [0.15, 0.2) is 194 Å². The molecule has 12 rings (SSSR count). The van der Waals surface area contributed by atoms with E-state index in [1.807, 2.05) is 0 Å². The third-order valence-corrected chi connectivity index (χ3v) is 11.8. The van der Waals surface area contributed by atoms with Gasteiger partial charge in [0.25, 0.3) is 0 Å². The Morgan fingerprint density at radius 3 is 1.60 bits per heavy atom. The van der Waals surface area contributed by atoms with Gasteiger partial charge < -0.3 is 4.74 Å². The zero-order valence-corrected chi connectivity index (χ0v) is 29.9. The lowest BCUT2D eigenvalue weighted by atomic mass is 9.87. The number of fused-ring (bicyclic) bond motifs is 3. The van der Waals surface area contributed by atoms with E-state index in [2.05, 4.69) is 194 Å². The highest BCUT2D eigenvalue weighted by molar-refractivity contribution is 6.26. The maximum atomic E-state index is 6.56. The molecule has 1 heteroatoms. The minimum absolute atomic E-state index is 0.893. The Morgan fingerprint density at radius 2 is 0.800 bits per heavy atom. The van der Waals surface area contributed by atoms with Gasteiger partial charge in [0.1, 0.15) is 11.5 Å². The van der Waals surface area contributed by atoms with Crippen LogP contribution in [0.4, 0.5) is 0 Å². The second-order valence-corrected chi connectivity index (χ2v) is 14.8. The number of rotatable bonds is 4. The molecule has 55 heavy (non-hydrogen) atoms. The lowest BCUT2D eigenvalue weighted by Crippen LogP contribution is -1.98. The summed E-state index contributed by atoms with van der Waals surface area (Å²) in [6.45, 7) is 0. The molecule has 11 aromatic rings. The summed E-state index contributed by atoms with van der Waals surface area (Å²) in [5.74, 6) is 1.80. The fraction of sp³-hybridized carbons (Fsp3) is 0. The minimum atomic E-state index is 0.893. The van der Waals surface area contributed by atoms with E-state index in [1.54, 1.807) is 0 Å². The van der Waals surface area contributed by atoms with E-state index < -0.39 is 0 Å². The molecule has 11 aromatic carbocycles. The van der Waals surface area contributed by atoms with E-state index in [0.29, 0.717) is 0 Å². The van der Waals surface area contributed by atoms with Crippen molar-refractivity contribution in [2.45, 2.75) is 0 Å². The number of hydrogen-bond acceptors (Lipinski definition) is 1. The van der Waals surface area contributed by atoms with Crippen LogP contribution in [0.25, 0.3) is 109 Å². The van der Waals surface area contributed by atoms with E-state index in [9.17, 15) is 0 Å². The highest BCUT2D eigenvalue weighted by Crippen LogP contribution is 2.50. The zero-order valence-electron chi connectivity index (χ0n) is 29.9. The Labute approximate surface area is 318 Å². The van der Waals surface area contributed by atoms with E-state index in [0.717, 1.165) is 17.1 Å². The molecule has 0 fully saturated rings. The Hall–Kier alpha value is -7.22. The van der Waals surface area contributed by atoms with Crippen molar-refractivity contribution >= 4 is 53.9 Å². The van der Waals surface area contributed by atoms with E-state index in [1.165, 1.54) is 104 Å². The third kappa shape index (κ3) is 4.60.